The third-order valence-corrected chi connectivity index (χ3v) is 3.46. The molecule has 0 amide bonds. The molecule has 1 aliphatic rings. The Morgan fingerprint density at radius 2 is 1.78 bits per heavy atom. The summed E-state index contributed by atoms with van der Waals surface area (Å²) in [5, 5.41) is 0. The number of likely N-dealkylation sites (tertiary alicyclic amines) is 1. The number of nitrogens with zero attached hydrogens (tertiary/aromatic N) is 3. The number of benzene rings is 2. The number of hydrogen-bond donors (Lipinski definition) is 0. The van der Waals surface area contributed by atoms with Crippen molar-refractivity contribution in [2.75, 3.05) is 13.0 Å². The highest BCUT2D eigenvalue weighted by Crippen LogP contribution is 2.21. The Hall–Kier alpha value is -2.13. The summed E-state index contributed by atoms with van der Waals surface area (Å²) in [6.45, 7) is -10.9. The van der Waals surface area contributed by atoms with Gasteiger partial charge in [0.1, 0.15) is 5.82 Å². The van der Waals surface area contributed by atoms with E-state index in [4.69, 9.17) is 16.4 Å². The highest BCUT2D eigenvalue weighted by atomic mass is 15.2. The number of hydrogen-bond acceptors (Lipinski definition) is 2. The highest BCUT2D eigenvalue weighted by molar-refractivity contribution is 5.76. The normalized spacial score (nSPS) is 33.3. The van der Waals surface area contributed by atoms with E-state index in [-0.39, 0.29) is 21.5 Å². The molecule has 2 heterocycles. The summed E-state index contributed by atoms with van der Waals surface area (Å²) in [5.41, 5.74) is 1.27. The molecule has 3 aromatic rings. The molecule has 23 heavy (non-hydrogen) atoms. The minimum absolute atomic E-state index is 0.126. The molecule has 3 nitrogen and oxygen atoms in total. The quantitative estimate of drug-likeness (QED) is 0.725. The van der Waals surface area contributed by atoms with E-state index in [2.05, 4.69) is 4.98 Å². The Labute approximate surface area is 154 Å². The Bertz CT molecular complexity index is 1250. The number of fused-ring (bicyclic) bond motifs is 1. The van der Waals surface area contributed by atoms with E-state index in [9.17, 15) is 0 Å². The minimum atomic E-state index is -3.47. The van der Waals surface area contributed by atoms with E-state index in [0.29, 0.717) is 0 Å². The summed E-state index contributed by atoms with van der Waals surface area (Å²) in [6, 6.07) is 12.5. The molecular formula is C20H23N3. The van der Waals surface area contributed by atoms with Crippen LogP contribution in [0.4, 0.5) is 0 Å². The smallest absolute Gasteiger partial charge is 0.124 e. The van der Waals surface area contributed by atoms with Crippen molar-refractivity contribution in [3.05, 3.63) is 65.5 Å². The predicted octanol–water partition coefficient (Wildman–Crippen LogP) is 3.99. The molecule has 1 aromatic heterocycles. The molecule has 0 N–H and O–H groups in total. The Morgan fingerprint density at radius 1 is 1.04 bits per heavy atom. The van der Waals surface area contributed by atoms with Gasteiger partial charge in [0.15, 0.2) is 0 Å². The van der Waals surface area contributed by atoms with E-state index in [1.807, 2.05) is 6.92 Å². The van der Waals surface area contributed by atoms with Gasteiger partial charge in [-0.15, -0.1) is 0 Å². The van der Waals surface area contributed by atoms with Crippen LogP contribution < -0.4 is 0 Å². The first-order valence-corrected chi connectivity index (χ1v) is 7.19. The summed E-state index contributed by atoms with van der Waals surface area (Å²) in [4.78, 5) is 4.05. The molecule has 1 fully saturated rings. The van der Waals surface area contributed by atoms with Crippen molar-refractivity contribution in [2.45, 2.75) is 32.7 Å². The standard InChI is InChI=1S/C20H23N3/c1-16-8-10-17(11-9-16)14-23-19-7-3-2-6-18(19)21-20(23)15-22-12-4-5-13-22/h2-3,6-11H,4-5,12-15H2,1H3/i4D2,5D2,12D2,13D2,14D2,15D2. The third kappa shape index (κ3) is 3.02. The van der Waals surface area contributed by atoms with Gasteiger partial charge in [-0.3, -0.25) is 4.90 Å². The number of rotatable bonds is 4. The molecule has 0 bridgehead atoms. The molecule has 0 spiro atoms. The first kappa shape index (κ1) is 6.40. The molecule has 3 heteroatoms. The zero-order valence-electron chi connectivity index (χ0n) is 24.5. The van der Waals surface area contributed by atoms with Crippen molar-refractivity contribution >= 4 is 11.0 Å². The van der Waals surface area contributed by atoms with E-state index in [1.54, 1.807) is 24.3 Å². The monoisotopic (exact) mass is 317 g/mol. The maximum atomic E-state index is 8.89. The zero-order valence-corrected chi connectivity index (χ0v) is 12.5. The van der Waals surface area contributed by atoms with Crippen LogP contribution in [0.15, 0.2) is 48.5 Å². The second-order valence-electron chi connectivity index (χ2n) is 5.16. The summed E-state index contributed by atoms with van der Waals surface area (Å²) < 4.78 is 102. The van der Waals surface area contributed by atoms with Crippen molar-refractivity contribution in [1.82, 2.24) is 14.5 Å². The average molecular weight is 317 g/mol. The molecule has 0 radical (unpaired) electrons. The van der Waals surface area contributed by atoms with Crippen LogP contribution in [0.25, 0.3) is 11.0 Å². The summed E-state index contributed by atoms with van der Waals surface area (Å²) in [7, 11) is 0. The molecule has 2 aromatic carbocycles. The number of aromatic nitrogens is 2. The molecule has 0 saturated carbocycles. The van der Waals surface area contributed by atoms with Gasteiger partial charge in [-0.25, -0.2) is 4.98 Å². The second kappa shape index (κ2) is 6.17. The average Bonchev–Trinajstić information content (AvgIpc) is 3.17. The second-order valence-corrected chi connectivity index (χ2v) is 5.16. The molecule has 0 aliphatic carbocycles. The fourth-order valence-corrected chi connectivity index (χ4v) is 2.32. The van der Waals surface area contributed by atoms with Crippen molar-refractivity contribution < 1.29 is 16.4 Å². The summed E-state index contributed by atoms with van der Waals surface area (Å²) in [5.74, 6) is -0.731. The van der Waals surface area contributed by atoms with E-state index in [1.165, 1.54) is 24.3 Å². The molecule has 1 aliphatic heterocycles. The topological polar surface area (TPSA) is 21.1 Å². The Balaban J connectivity index is 2.03. The van der Waals surface area contributed by atoms with Gasteiger partial charge in [0.25, 0.3) is 0 Å². The van der Waals surface area contributed by atoms with Gasteiger partial charge in [0, 0.05) is 17.5 Å². The van der Waals surface area contributed by atoms with Crippen molar-refractivity contribution in [2.24, 2.45) is 0 Å². The highest BCUT2D eigenvalue weighted by Gasteiger charge is 2.17. The van der Waals surface area contributed by atoms with Crippen LogP contribution in [0.1, 0.15) is 46.1 Å². The summed E-state index contributed by atoms with van der Waals surface area (Å²) >= 11 is 0. The van der Waals surface area contributed by atoms with Crippen LogP contribution in [0, 0.1) is 6.92 Å². The van der Waals surface area contributed by atoms with Crippen molar-refractivity contribution in [1.29, 1.82) is 0 Å². The van der Waals surface area contributed by atoms with Gasteiger partial charge >= 0.3 is 0 Å². The SMILES string of the molecule is [2H]C([2H])(c1nc2ccccc2n1C([2H])([2H])c1ccc(C)cc1)N1C([2H])([2H])C([2H])([2H])C([2H])([2H])C1([2H])[2H]. The Morgan fingerprint density at radius 3 is 2.57 bits per heavy atom. The van der Waals surface area contributed by atoms with Crippen LogP contribution in [0.5, 0.6) is 0 Å². The van der Waals surface area contributed by atoms with Gasteiger partial charge in [-0.1, -0.05) is 42.0 Å². The van der Waals surface area contributed by atoms with Gasteiger partial charge in [-0.05, 0) is 50.4 Å². The third-order valence-electron chi connectivity index (χ3n) is 3.46. The van der Waals surface area contributed by atoms with Gasteiger partial charge < -0.3 is 4.57 Å². The fourth-order valence-electron chi connectivity index (χ4n) is 2.32. The molecule has 0 atom stereocenters. The number of imidazole rings is 1. The van der Waals surface area contributed by atoms with Crippen LogP contribution in [0.3, 0.4) is 0 Å². The van der Waals surface area contributed by atoms with E-state index < -0.39 is 44.6 Å². The minimum Gasteiger partial charge on any atom is -0.322 e. The molecule has 1 saturated heterocycles. The molecular weight excluding hydrogens is 282 g/mol. The molecule has 4 rings (SSSR count). The molecule has 118 valence electrons. The zero-order chi connectivity index (χ0) is 26.4. The first-order chi connectivity index (χ1) is 15.8. The van der Waals surface area contributed by atoms with E-state index >= 15 is 0 Å². The van der Waals surface area contributed by atoms with Crippen LogP contribution in [-0.4, -0.2) is 27.4 Å². The lowest BCUT2D eigenvalue weighted by Gasteiger charge is -2.16. The number of aryl methyl sites for hydroxylation is 1. The lowest BCUT2D eigenvalue weighted by Crippen LogP contribution is -2.21. The van der Waals surface area contributed by atoms with Crippen LogP contribution >= 0.6 is 0 Å². The van der Waals surface area contributed by atoms with Gasteiger partial charge in [0.05, 0.1) is 23.0 Å². The first-order valence-electron chi connectivity index (χ1n) is 13.2. The van der Waals surface area contributed by atoms with Crippen LogP contribution in [0.2, 0.25) is 0 Å². The Kier molecular flexibility index (Phi) is 1.72. The molecule has 0 unspecified atom stereocenters. The largest absolute Gasteiger partial charge is 0.322 e. The maximum Gasteiger partial charge on any atom is 0.124 e. The number of para-hydroxylation sites is 2. The lowest BCUT2D eigenvalue weighted by atomic mass is 10.1. The summed E-state index contributed by atoms with van der Waals surface area (Å²) in [6.07, 6.45) is -6.91. The maximum absolute atomic E-state index is 8.89. The lowest BCUT2D eigenvalue weighted by molar-refractivity contribution is 0.318. The predicted molar refractivity (Wildman–Crippen MR) is 94.5 cm³/mol. The van der Waals surface area contributed by atoms with Gasteiger partial charge in [-0.2, -0.15) is 0 Å². The van der Waals surface area contributed by atoms with Crippen molar-refractivity contribution in [3.63, 3.8) is 0 Å². The van der Waals surface area contributed by atoms with Crippen LogP contribution in [-0.2, 0) is 13.0 Å². The van der Waals surface area contributed by atoms with Crippen molar-refractivity contribution in [3.8, 4) is 0 Å². The fraction of sp³-hybridized carbons (Fsp3) is 0.350. The van der Waals surface area contributed by atoms with Gasteiger partial charge in [0.2, 0.25) is 0 Å². The van der Waals surface area contributed by atoms with E-state index in [0.717, 1.165) is 10.1 Å².